The van der Waals surface area contributed by atoms with E-state index in [9.17, 15) is 0 Å². The van der Waals surface area contributed by atoms with Crippen molar-refractivity contribution >= 4 is 0 Å². The molecule has 0 aromatic rings. The van der Waals surface area contributed by atoms with Crippen molar-refractivity contribution in [3.63, 3.8) is 0 Å². The fourth-order valence-electron chi connectivity index (χ4n) is 2.43. The molecule has 3 aliphatic rings. The predicted octanol–water partition coefficient (Wildman–Crippen LogP) is 2.28. The van der Waals surface area contributed by atoms with Gasteiger partial charge in [-0.2, -0.15) is 0 Å². The van der Waals surface area contributed by atoms with Crippen LogP contribution in [0.25, 0.3) is 0 Å². The number of hydrogen-bond donors (Lipinski definition) is 0. The maximum Gasteiger partial charge on any atom is 0.0896 e. The van der Waals surface area contributed by atoms with Crippen molar-refractivity contribution in [3.8, 4) is 0 Å². The van der Waals surface area contributed by atoms with Gasteiger partial charge in [-0.25, -0.2) is 0 Å². The van der Waals surface area contributed by atoms with Gasteiger partial charge in [0.2, 0.25) is 0 Å². The molecule has 1 heteroatoms. The van der Waals surface area contributed by atoms with Crippen molar-refractivity contribution in [3.05, 3.63) is 12.2 Å². The summed E-state index contributed by atoms with van der Waals surface area (Å²) in [6, 6.07) is 0. The summed E-state index contributed by atoms with van der Waals surface area (Å²) in [7, 11) is 0. The van der Waals surface area contributed by atoms with E-state index in [4.69, 9.17) is 4.74 Å². The first kappa shape index (κ1) is 6.24. The summed E-state index contributed by atoms with van der Waals surface area (Å²) in [4.78, 5) is 0. The minimum atomic E-state index is 0.189. The van der Waals surface area contributed by atoms with Gasteiger partial charge in [-0.3, -0.25) is 0 Å². The van der Waals surface area contributed by atoms with Crippen molar-refractivity contribution in [1.29, 1.82) is 0 Å². The van der Waals surface area contributed by atoms with Gasteiger partial charge < -0.3 is 4.74 Å². The molecule has 2 spiro atoms. The maximum atomic E-state index is 5.76. The van der Waals surface area contributed by atoms with Gasteiger partial charge in [0, 0.05) is 6.61 Å². The van der Waals surface area contributed by atoms with E-state index in [2.05, 4.69) is 6.58 Å². The van der Waals surface area contributed by atoms with Crippen LogP contribution in [0, 0.1) is 5.41 Å². The van der Waals surface area contributed by atoms with Gasteiger partial charge in [0.05, 0.1) is 5.60 Å². The van der Waals surface area contributed by atoms with Crippen LogP contribution in [0.5, 0.6) is 0 Å². The largest absolute Gasteiger partial charge is 0.371 e. The molecule has 0 radical (unpaired) electrons. The quantitative estimate of drug-likeness (QED) is 0.481. The topological polar surface area (TPSA) is 9.23 Å². The zero-order valence-electron chi connectivity index (χ0n) is 6.86. The molecule has 0 bridgehead atoms. The Morgan fingerprint density at radius 2 is 1.82 bits per heavy atom. The molecule has 1 saturated heterocycles. The highest BCUT2D eigenvalue weighted by Crippen LogP contribution is 2.65. The summed E-state index contributed by atoms with van der Waals surface area (Å²) >= 11 is 0. The van der Waals surface area contributed by atoms with Gasteiger partial charge in [-0.1, -0.05) is 6.58 Å². The Labute approximate surface area is 67.4 Å². The van der Waals surface area contributed by atoms with Crippen molar-refractivity contribution in [2.24, 2.45) is 5.41 Å². The lowest BCUT2D eigenvalue weighted by atomic mass is 9.86. The zero-order chi connectivity index (χ0) is 7.53. The molecule has 11 heavy (non-hydrogen) atoms. The van der Waals surface area contributed by atoms with E-state index in [1.54, 1.807) is 0 Å². The fraction of sp³-hybridized carbons (Fsp3) is 0.800. The normalized spacial score (nSPS) is 36.2. The molecule has 0 aromatic carbocycles. The molecule has 2 saturated carbocycles. The van der Waals surface area contributed by atoms with Gasteiger partial charge in [0.1, 0.15) is 0 Å². The van der Waals surface area contributed by atoms with E-state index in [0.717, 1.165) is 6.61 Å². The molecule has 0 aromatic heterocycles. The molecule has 0 N–H and O–H groups in total. The third-order valence-corrected chi connectivity index (χ3v) is 3.71. The number of rotatable bonds is 0. The fourth-order valence-corrected chi connectivity index (χ4v) is 2.43. The van der Waals surface area contributed by atoms with Crippen LogP contribution in [0.3, 0.4) is 0 Å². The average molecular weight is 150 g/mol. The Morgan fingerprint density at radius 1 is 1.09 bits per heavy atom. The minimum Gasteiger partial charge on any atom is -0.371 e. The molecule has 3 rings (SSSR count). The monoisotopic (exact) mass is 150 g/mol. The van der Waals surface area contributed by atoms with Gasteiger partial charge in [-0.05, 0) is 43.1 Å². The van der Waals surface area contributed by atoms with Crippen molar-refractivity contribution < 1.29 is 4.74 Å². The Bertz CT molecular complexity index is 199. The van der Waals surface area contributed by atoms with Crippen molar-refractivity contribution in [2.45, 2.75) is 37.7 Å². The Balaban J connectivity index is 1.94. The molecule has 0 atom stereocenters. The summed E-state index contributed by atoms with van der Waals surface area (Å²) in [5.41, 5.74) is 2.19. The van der Waals surface area contributed by atoms with Gasteiger partial charge in [0.25, 0.3) is 0 Å². The van der Waals surface area contributed by atoms with Crippen LogP contribution in [0.1, 0.15) is 32.1 Å². The van der Waals surface area contributed by atoms with Gasteiger partial charge >= 0.3 is 0 Å². The maximum absolute atomic E-state index is 5.76. The van der Waals surface area contributed by atoms with E-state index in [0.29, 0.717) is 5.41 Å². The number of ether oxygens (including phenoxy) is 1. The van der Waals surface area contributed by atoms with Crippen LogP contribution in [0.15, 0.2) is 12.2 Å². The Morgan fingerprint density at radius 3 is 2.36 bits per heavy atom. The second-order valence-electron chi connectivity index (χ2n) is 4.35. The molecular weight excluding hydrogens is 136 g/mol. The summed E-state index contributed by atoms with van der Waals surface area (Å²) in [6.07, 6.45) is 6.50. The highest BCUT2D eigenvalue weighted by Gasteiger charge is 2.60. The Hall–Kier alpha value is -0.300. The molecular formula is C10H14O. The Kier molecular flexibility index (Phi) is 0.885. The summed E-state index contributed by atoms with van der Waals surface area (Å²) in [5.74, 6) is 0. The van der Waals surface area contributed by atoms with Crippen LogP contribution >= 0.6 is 0 Å². The van der Waals surface area contributed by atoms with E-state index in [-0.39, 0.29) is 5.60 Å². The molecule has 1 heterocycles. The lowest BCUT2D eigenvalue weighted by Gasteiger charge is -2.32. The first-order valence-electron chi connectivity index (χ1n) is 4.61. The third kappa shape index (κ3) is 0.652. The second kappa shape index (κ2) is 1.56. The standard InChI is InChI=1S/C10H14O/c1-8-9(2-3-9)6-7-11-10(8)4-5-10/h1-7H2. The lowest BCUT2D eigenvalue weighted by molar-refractivity contribution is 0.0117. The molecule has 2 aliphatic carbocycles. The van der Waals surface area contributed by atoms with Crippen molar-refractivity contribution in [1.82, 2.24) is 0 Å². The zero-order valence-corrected chi connectivity index (χ0v) is 6.86. The van der Waals surface area contributed by atoms with E-state index < -0.39 is 0 Å². The van der Waals surface area contributed by atoms with Crippen LogP contribution in [-0.4, -0.2) is 12.2 Å². The smallest absolute Gasteiger partial charge is 0.0896 e. The van der Waals surface area contributed by atoms with E-state index in [1.165, 1.54) is 37.7 Å². The highest BCUT2D eigenvalue weighted by atomic mass is 16.5. The highest BCUT2D eigenvalue weighted by molar-refractivity contribution is 5.35. The molecule has 1 nitrogen and oxygen atoms in total. The molecule has 0 unspecified atom stereocenters. The molecule has 3 fully saturated rings. The van der Waals surface area contributed by atoms with Crippen LogP contribution < -0.4 is 0 Å². The van der Waals surface area contributed by atoms with Crippen LogP contribution in [0.2, 0.25) is 0 Å². The summed E-state index contributed by atoms with van der Waals surface area (Å²) < 4.78 is 5.76. The van der Waals surface area contributed by atoms with Crippen LogP contribution in [0.4, 0.5) is 0 Å². The third-order valence-electron chi connectivity index (χ3n) is 3.71. The van der Waals surface area contributed by atoms with Crippen LogP contribution in [-0.2, 0) is 4.74 Å². The summed E-state index contributed by atoms with van der Waals surface area (Å²) in [6.45, 7) is 5.20. The SMILES string of the molecule is C=C1C2(CCOC13CC3)CC2. The predicted molar refractivity (Wildman–Crippen MR) is 43.3 cm³/mol. The summed E-state index contributed by atoms with van der Waals surface area (Å²) in [5, 5.41) is 0. The molecule has 60 valence electrons. The van der Waals surface area contributed by atoms with E-state index in [1.807, 2.05) is 0 Å². The van der Waals surface area contributed by atoms with Gasteiger partial charge in [0.15, 0.2) is 0 Å². The average Bonchev–Trinajstić information content (AvgIpc) is 2.82. The lowest BCUT2D eigenvalue weighted by Crippen LogP contribution is -2.30. The van der Waals surface area contributed by atoms with E-state index >= 15 is 0 Å². The van der Waals surface area contributed by atoms with Gasteiger partial charge in [-0.15, -0.1) is 0 Å². The minimum absolute atomic E-state index is 0.189. The second-order valence-corrected chi connectivity index (χ2v) is 4.35. The molecule has 1 aliphatic heterocycles. The number of hydrogen-bond acceptors (Lipinski definition) is 1. The first-order chi connectivity index (χ1) is 5.28. The molecule has 0 amide bonds. The first-order valence-corrected chi connectivity index (χ1v) is 4.61. The van der Waals surface area contributed by atoms with Crippen molar-refractivity contribution in [2.75, 3.05) is 6.61 Å².